The van der Waals surface area contributed by atoms with Gasteiger partial charge in [0.2, 0.25) is 0 Å². The van der Waals surface area contributed by atoms with Gasteiger partial charge in [-0.25, -0.2) is 4.79 Å². The van der Waals surface area contributed by atoms with Gasteiger partial charge < -0.3 is 10.1 Å². The van der Waals surface area contributed by atoms with Crippen LogP contribution in [0.15, 0.2) is 18.2 Å². The van der Waals surface area contributed by atoms with Crippen LogP contribution < -0.4 is 5.32 Å². The summed E-state index contributed by atoms with van der Waals surface area (Å²) < 4.78 is 4.69. The summed E-state index contributed by atoms with van der Waals surface area (Å²) in [6.45, 7) is 2.03. The predicted octanol–water partition coefficient (Wildman–Crippen LogP) is 2.36. The van der Waals surface area contributed by atoms with E-state index in [2.05, 4.69) is 10.1 Å². The maximum atomic E-state index is 11.3. The minimum Gasteiger partial charge on any atom is -0.465 e. The number of esters is 1. The van der Waals surface area contributed by atoms with Crippen LogP contribution in [0.4, 0.5) is 5.69 Å². The summed E-state index contributed by atoms with van der Waals surface area (Å²) in [6.07, 6.45) is 2.45. The number of rotatable bonds is 3. The molecular weight excluding hydrogens is 190 g/mol. The lowest BCUT2D eigenvalue weighted by Gasteiger charge is -2.09. The van der Waals surface area contributed by atoms with Crippen LogP contribution in [0.1, 0.15) is 28.8 Å². The van der Waals surface area contributed by atoms with Crippen LogP contribution >= 0.6 is 0 Å². The molecule has 15 heavy (non-hydrogen) atoms. The number of anilines is 1. The fourth-order valence-corrected chi connectivity index (χ4v) is 1.47. The van der Waals surface area contributed by atoms with Crippen LogP contribution in [0.5, 0.6) is 0 Å². The second-order valence-corrected chi connectivity index (χ2v) is 3.94. The van der Waals surface area contributed by atoms with Crippen LogP contribution in [0.3, 0.4) is 0 Å². The second kappa shape index (κ2) is 3.93. The van der Waals surface area contributed by atoms with Crippen LogP contribution in [-0.2, 0) is 4.74 Å². The van der Waals surface area contributed by atoms with Crippen LogP contribution in [-0.4, -0.2) is 19.1 Å². The fraction of sp³-hybridized carbons (Fsp3) is 0.417. The van der Waals surface area contributed by atoms with E-state index in [0.29, 0.717) is 11.6 Å². The van der Waals surface area contributed by atoms with Gasteiger partial charge in [0, 0.05) is 11.7 Å². The number of aryl methyl sites for hydroxylation is 1. The largest absolute Gasteiger partial charge is 0.465 e. The molecule has 1 aliphatic carbocycles. The molecule has 1 saturated carbocycles. The maximum absolute atomic E-state index is 11.3. The van der Waals surface area contributed by atoms with Gasteiger partial charge >= 0.3 is 5.97 Å². The van der Waals surface area contributed by atoms with Crippen molar-refractivity contribution in [3.8, 4) is 0 Å². The molecule has 0 atom stereocenters. The Hall–Kier alpha value is -1.51. The molecule has 1 fully saturated rings. The first kappa shape index (κ1) is 10.0. The Labute approximate surface area is 89.4 Å². The zero-order chi connectivity index (χ0) is 10.8. The van der Waals surface area contributed by atoms with E-state index in [-0.39, 0.29) is 5.97 Å². The third-order valence-electron chi connectivity index (χ3n) is 2.60. The fourth-order valence-electron chi connectivity index (χ4n) is 1.47. The van der Waals surface area contributed by atoms with Crippen LogP contribution in [0.25, 0.3) is 0 Å². The smallest absolute Gasteiger partial charge is 0.337 e. The molecule has 0 bridgehead atoms. The van der Waals surface area contributed by atoms with E-state index < -0.39 is 0 Å². The molecule has 3 nitrogen and oxygen atoms in total. The Balaban J connectivity index is 2.22. The number of benzene rings is 1. The number of ether oxygens (including phenoxy) is 1. The maximum Gasteiger partial charge on any atom is 0.337 e. The molecule has 80 valence electrons. The van der Waals surface area contributed by atoms with Crippen molar-refractivity contribution in [1.29, 1.82) is 0 Å². The van der Waals surface area contributed by atoms with Gasteiger partial charge in [0.15, 0.2) is 0 Å². The van der Waals surface area contributed by atoms with Crippen LogP contribution in [0.2, 0.25) is 0 Å². The summed E-state index contributed by atoms with van der Waals surface area (Å²) >= 11 is 0. The van der Waals surface area contributed by atoms with E-state index in [1.807, 2.05) is 19.1 Å². The number of carbonyl (C=O) groups excluding carboxylic acids is 1. The molecule has 0 aromatic heterocycles. The second-order valence-electron chi connectivity index (χ2n) is 3.94. The number of carbonyl (C=O) groups is 1. The van der Waals surface area contributed by atoms with Crippen molar-refractivity contribution in [2.75, 3.05) is 12.4 Å². The van der Waals surface area contributed by atoms with E-state index in [9.17, 15) is 4.79 Å². The van der Waals surface area contributed by atoms with Gasteiger partial charge in [0.25, 0.3) is 0 Å². The molecular formula is C12H15NO2. The van der Waals surface area contributed by atoms with Gasteiger partial charge in [-0.3, -0.25) is 0 Å². The monoisotopic (exact) mass is 205 g/mol. The molecule has 0 aliphatic heterocycles. The highest BCUT2D eigenvalue weighted by Crippen LogP contribution is 2.27. The highest BCUT2D eigenvalue weighted by atomic mass is 16.5. The normalized spacial score (nSPS) is 14.8. The van der Waals surface area contributed by atoms with Crippen molar-refractivity contribution in [2.24, 2.45) is 0 Å². The summed E-state index contributed by atoms with van der Waals surface area (Å²) in [5.41, 5.74) is 2.81. The van der Waals surface area contributed by atoms with Crippen molar-refractivity contribution < 1.29 is 9.53 Å². The van der Waals surface area contributed by atoms with Gasteiger partial charge in [-0.05, 0) is 37.5 Å². The third kappa shape index (κ3) is 2.29. The topological polar surface area (TPSA) is 38.3 Å². The van der Waals surface area contributed by atoms with E-state index in [4.69, 9.17) is 0 Å². The van der Waals surface area contributed by atoms with Crippen molar-refractivity contribution in [1.82, 2.24) is 0 Å². The SMILES string of the molecule is COC(=O)c1ccc(C)c(NC2CC2)c1. The lowest BCUT2D eigenvalue weighted by molar-refractivity contribution is 0.0601. The molecule has 1 aromatic rings. The van der Waals surface area contributed by atoms with Gasteiger partial charge in [-0.2, -0.15) is 0 Å². The predicted molar refractivity (Wildman–Crippen MR) is 59.2 cm³/mol. The Morgan fingerprint density at radius 2 is 2.20 bits per heavy atom. The van der Waals surface area contributed by atoms with Crippen molar-refractivity contribution in [3.63, 3.8) is 0 Å². The zero-order valence-electron chi connectivity index (χ0n) is 9.04. The summed E-state index contributed by atoms with van der Waals surface area (Å²) in [6, 6.07) is 6.19. The highest BCUT2D eigenvalue weighted by molar-refractivity contribution is 5.90. The molecule has 1 N–H and O–H groups in total. The molecule has 0 radical (unpaired) electrons. The van der Waals surface area contributed by atoms with E-state index in [0.717, 1.165) is 11.3 Å². The zero-order valence-corrected chi connectivity index (χ0v) is 9.04. The minimum atomic E-state index is -0.283. The molecule has 1 aromatic carbocycles. The quantitative estimate of drug-likeness (QED) is 0.770. The first-order chi connectivity index (χ1) is 7.20. The molecule has 0 spiro atoms. The number of hydrogen-bond acceptors (Lipinski definition) is 3. The van der Waals surface area contributed by atoms with E-state index >= 15 is 0 Å². The van der Waals surface area contributed by atoms with Crippen molar-refractivity contribution in [2.45, 2.75) is 25.8 Å². The molecule has 0 saturated heterocycles. The van der Waals surface area contributed by atoms with Crippen molar-refractivity contribution >= 4 is 11.7 Å². The summed E-state index contributed by atoms with van der Waals surface area (Å²) in [5.74, 6) is -0.283. The molecule has 1 aliphatic rings. The summed E-state index contributed by atoms with van der Waals surface area (Å²) in [4.78, 5) is 11.3. The lowest BCUT2D eigenvalue weighted by atomic mass is 10.1. The Morgan fingerprint density at radius 1 is 1.47 bits per heavy atom. The average Bonchev–Trinajstić information content (AvgIpc) is 3.04. The summed E-state index contributed by atoms with van der Waals surface area (Å²) in [7, 11) is 1.40. The molecule has 2 rings (SSSR count). The number of hydrogen-bond donors (Lipinski definition) is 1. The van der Waals surface area contributed by atoms with E-state index in [1.54, 1.807) is 6.07 Å². The Morgan fingerprint density at radius 3 is 2.80 bits per heavy atom. The van der Waals surface area contributed by atoms with Gasteiger partial charge in [-0.15, -0.1) is 0 Å². The lowest BCUT2D eigenvalue weighted by Crippen LogP contribution is -2.06. The molecule has 0 heterocycles. The Kier molecular flexibility index (Phi) is 2.62. The van der Waals surface area contributed by atoms with Gasteiger partial charge in [0.05, 0.1) is 12.7 Å². The molecule has 0 amide bonds. The average molecular weight is 205 g/mol. The van der Waals surface area contributed by atoms with Gasteiger partial charge in [0.1, 0.15) is 0 Å². The highest BCUT2D eigenvalue weighted by Gasteiger charge is 2.21. The van der Waals surface area contributed by atoms with Crippen molar-refractivity contribution in [3.05, 3.63) is 29.3 Å². The van der Waals surface area contributed by atoms with Gasteiger partial charge in [-0.1, -0.05) is 6.07 Å². The molecule has 0 unspecified atom stereocenters. The third-order valence-corrected chi connectivity index (χ3v) is 2.60. The standard InChI is InChI=1S/C12H15NO2/c1-8-3-4-9(12(14)15-2)7-11(8)13-10-5-6-10/h3-4,7,10,13H,5-6H2,1-2H3. The number of methoxy groups -OCH3 is 1. The van der Waals surface area contributed by atoms with E-state index in [1.165, 1.54) is 20.0 Å². The molecule has 3 heteroatoms. The first-order valence-electron chi connectivity index (χ1n) is 5.16. The minimum absolute atomic E-state index is 0.283. The number of nitrogens with one attached hydrogen (secondary N) is 1. The first-order valence-corrected chi connectivity index (χ1v) is 5.16. The Bertz CT molecular complexity index is 383. The van der Waals surface area contributed by atoms with Crippen LogP contribution in [0, 0.1) is 6.92 Å². The summed E-state index contributed by atoms with van der Waals surface area (Å²) in [5, 5.41) is 3.40.